The smallest absolute Gasteiger partial charge is 0.254 e. The van der Waals surface area contributed by atoms with Gasteiger partial charge < -0.3 is 16.0 Å². The average molecular weight is 418 g/mol. The Labute approximate surface area is 178 Å². The van der Waals surface area contributed by atoms with Gasteiger partial charge in [0, 0.05) is 29.4 Å². The molecule has 1 amide bonds. The second-order valence-electron chi connectivity index (χ2n) is 7.71. The van der Waals surface area contributed by atoms with Gasteiger partial charge in [0.15, 0.2) is 0 Å². The molecule has 0 atom stereocenters. The lowest BCUT2D eigenvalue weighted by Gasteiger charge is -2.37. The van der Waals surface area contributed by atoms with Gasteiger partial charge in [0.1, 0.15) is 11.0 Å². The highest BCUT2D eigenvalue weighted by Crippen LogP contribution is 2.26. The van der Waals surface area contributed by atoms with Crippen molar-refractivity contribution in [2.45, 2.75) is 71.9 Å². The van der Waals surface area contributed by atoms with Gasteiger partial charge >= 0.3 is 0 Å². The van der Waals surface area contributed by atoms with Gasteiger partial charge in [0.25, 0.3) is 5.91 Å². The van der Waals surface area contributed by atoms with Crippen molar-refractivity contribution in [3.63, 3.8) is 0 Å². The van der Waals surface area contributed by atoms with E-state index in [2.05, 4.69) is 35.7 Å². The van der Waals surface area contributed by atoms with Crippen molar-refractivity contribution in [2.24, 2.45) is 0 Å². The molecule has 3 N–H and O–H groups in total. The number of allylic oxidation sites excluding steroid dienone is 2. The number of carbonyl (C=O) groups excluding carboxylic acids is 1. The summed E-state index contributed by atoms with van der Waals surface area (Å²) >= 11 is 5.93. The quantitative estimate of drug-likeness (QED) is 0.366. The number of aromatic nitrogens is 2. The lowest BCUT2D eigenvalue weighted by molar-refractivity contribution is -0.131. The average Bonchev–Trinajstić information content (AvgIpc) is 2.65. The molecule has 1 heterocycles. The molecule has 1 aromatic heterocycles. The number of halogens is 1. The maximum Gasteiger partial charge on any atom is 0.254 e. The third-order valence-electron chi connectivity index (χ3n) is 5.16. The number of anilines is 2. The summed E-state index contributed by atoms with van der Waals surface area (Å²) in [7, 11) is 0. The summed E-state index contributed by atoms with van der Waals surface area (Å²) in [6, 6.07) is 2.04. The molecule has 1 aliphatic rings. The minimum absolute atomic E-state index is 0.0656. The minimum Gasteiger partial charge on any atom is -0.368 e. The maximum absolute atomic E-state index is 13.3. The fourth-order valence-electron chi connectivity index (χ4n) is 3.67. The van der Waals surface area contributed by atoms with E-state index in [1.54, 1.807) is 6.07 Å². The van der Waals surface area contributed by atoms with Gasteiger partial charge in [-0.25, -0.2) is 4.98 Å². The van der Waals surface area contributed by atoms with Crippen LogP contribution in [0.2, 0.25) is 5.15 Å². The molecular formula is C22H32ClN5O. The highest BCUT2D eigenvalue weighted by Gasteiger charge is 2.28. The van der Waals surface area contributed by atoms with Crippen LogP contribution in [0, 0.1) is 0 Å². The van der Waals surface area contributed by atoms with Crippen molar-refractivity contribution in [1.29, 1.82) is 0 Å². The van der Waals surface area contributed by atoms with Crippen molar-refractivity contribution in [1.82, 2.24) is 14.9 Å². The summed E-state index contributed by atoms with van der Waals surface area (Å²) in [6.45, 7) is 12.0. The SMILES string of the molecule is C=C(Nc1cc(Cl)nc(N)n1)/C(C)=C\C(=C/C)C(=O)N(C(C)C)C1CCCCC1. The van der Waals surface area contributed by atoms with Crippen LogP contribution >= 0.6 is 11.6 Å². The number of nitrogen functional groups attached to an aromatic ring is 1. The third kappa shape index (κ3) is 6.32. The predicted molar refractivity (Wildman–Crippen MR) is 121 cm³/mol. The number of nitrogens with two attached hydrogens (primary N) is 1. The number of amides is 1. The van der Waals surface area contributed by atoms with Crippen LogP contribution in [0.4, 0.5) is 11.8 Å². The number of nitrogens with one attached hydrogen (secondary N) is 1. The van der Waals surface area contributed by atoms with E-state index < -0.39 is 0 Å². The molecule has 0 saturated heterocycles. The fourth-order valence-corrected chi connectivity index (χ4v) is 3.86. The van der Waals surface area contributed by atoms with E-state index in [4.69, 9.17) is 17.3 Å². The van der Waals surface area contributed by atoms with Gasteiger partial charge in [0.05, 0.1) is 0 Å². The summed E-state index contributed by atoms with van der Waals surface area (Å²) in [6.07, 6.45) is 9.51. The number of nitrogens with zero attached hydrogens (tertiary/aromatic N) is 3. The van der Waals surface area contributed by atoms with E-state index in [0.29, 0.717) is 23.1 Å². The third-order valence-corrected chi connectivity index (χ3v) is 5.35. The zero-order chi connectivity index (χ0) is 21.6. The Morgan fingerprint density at radius 2 is 2.00 bits per heavy atom. The summed E-state index contributed by atoms with van der Waals surface area (Å²) in [5.41, 5.74) is 7.73. The molecule has 7 heteroatoms. The molecule has 29 heavy (non-hydrogen) atoms. The first-order chi connectivity index (χ1) is 13.7. The molecule has 1 aliphatic carbocycles. The zero-order valence-electron chi connectivity index (χ0n) is 17.8. The van der Waals surface area contributed by atoms with E-state index in [1.807, 2.05) is 30.9 Å². The molecule has 0 spiro atoms. The highest BCUT2D eigenvalue weighted by molar-refractivity contribution is 6.29. The Morgan fingerprint density at radius 1 is 1.34 bits per heavy atom. The van der Waals surface area contributed by atoms with E-state index >= 15 is 0 Å². The van der Waals surface area contributed by atoms with E-state index in [0.717, 1.165) is 18.4 Å². The summed E-state index contributed by atoms with van der Waals surface area (Å²) < 4.78 is 0. The molecule has 0 unspecified atom stereocenters. The van der Waals surface area contributed by atoms with Crippen LogP contribution in [0.1, 0.15) is 59.8 Å². The predicted octanol–water partition coefficient (Wildman–Crippen LogP) is 5.10. The Hall–Kier alpha value is -2.34. The van der Waals surface area contributed by atoms with Crippen LogP contribution < -0.4 is 11.1 Å². The topological polar surface area (TPSA) is 84.1 Å². The van der Waals surface area contributed by atoms with Crippen molar-refractivity contribution >= 4 is 29.3 Å². The van der Waals surface area contributed by atoms with Crippen LogP contribution in [-0.2, 0) is 4.79 Å². The van der Waals surface area contributed by atoms with Crippen LogP contribution in [0.15, 0.2) is 41.6 Å². The molecule has 1 saturated carbocycles. The maximum atomic E-state index is 13.3. The van der Waals surface area contributed by atoms with Crippen molar-refractivity contribution in [3.05, 3.63) is 46.8 Å². The Kier molecular flexibility index (Phi) is 8.26. The van der Waals surface area contributed by atoms with Crippen LogP contribution in [0.3, 0.4) is 0 Å². The molecule has 0 radical (unpaired) electrons. The van der Waals surface area contributed by atoms with Crippen molar-refractivity contribution in [2.75, 3.05) is 11.1 Å². The van der Waals surface area contributed by atoms with Gasteiger partial charge in [-0.1, -0.05) is 43.5 Å². The number of rotatable bonds is 7. The Morgan fingerprint density at radius 3 is 2.55 bits per heavy atom. The normalized spacial score (nSPS) is 16.1. The Bertz CT molecular complexity index is 789. The van der Waals surface area contributed by atoms with Gasteiger partial charge in [0.2, 0.25) is 5.95 Å². The summed E-state index contributed by atoms with van der Waals surface area (Å²) in [5.74, 6) is 0.606. The van der Waals surface area contributed by atoms with E-state index in [9.17, 15) is 4.79 Å². The second kappa shape index (κ2) is 10.4. The van der Waals surface area contributed by atoms with Crippen molar-refractivity contribution in [3.8, 4) is 0 Å². The number of carbonyl (C=O) groups is 1. The van der Waals surface area contributed by atoms with E-state index in [-0.39, 0.29) is 23.1 Å². The monoisotopic (exact) mass is 417 g/mol. The first-order valence-electron chi connectivity index (χ1n) is 10.2. The standard InChI is InChI=1S/C22H32ClN5O/c1-6-17(21(29)28(14(2)3)18-10-8-7-9-11-18)12-15(4)16(5)25-20-13-19(23)26-22(24)27-20/h6,12-14,18H,5,7-11H2,1-4H3,(H3,24,25,26,27)/b15-12-,17-6+. The van der Waals surface area contributed by atoms with Crippen LogP contribution in [0.25, 0.3) is 0 Å². The lowest BCUT2D eigenvalue weighted by Crippen LogP contribution is -2.46. The Balaban J connectivity index is 2.17. The first kappa shape index (κ1) is 22.9. The molecule has 158 valence electrons. The second-order valence-corrected chi connectivity index (χ2v) is 8.09. The molecule has 0 bridgehead atoms. The van der Waals surface area contributed by atoms with Gasteiger partial charge in [-0.05, 0) is 52.2 Å². The minimum atomic E-state index is 0.0656. The highest BCUT2D eigenvalue weighted by atomic mass is 35.5. The molecule has 0 aromatic carbocycles. The molecular weight excluding hydrogens is 386 g/mol. The van der Waals surface area contributed by atoms with Gasteiger partial charge in [-0.3, -0.25) is 4.79 Å². The van der Waals surface area contributed by atoms with Crippen LogP contribution in [-0.4, -0.2) is 32.9 Å². The van der Waals surface area contributed by atoms with Crippen LogP contribution in [0.5, 0.6) is 0 Å². The molecule has 1 aromatic rings. The largest absolute Gasteiger partial charge is 0.368 e. The number of hydrogen-bond donors (Lipinski definition) is 2. The summed E-state index contributed by atoms with van der Waals surface area (Å²) in [4.78, 5) is 23.3. The lowest BCUT2D eigenvalue weighted by atomic mass is 9.92. The first-order valence-corrected chi connectivity index (χ1v) is 10.5. The molecule has 2 rings (SSSR count). The fraction of sp³-hybridized carbons (Fsp3) is 0.500. The van der Waals surface area contributed by atoms with E-state index in [1.165, 1.54) is 19.3 Å². The molecule has 0 aliphatic heterocycles. The molecule has 6 nitrogen and oxygen atoms in total. The zero-order valence-corrected chi connectivity index (χ0v) is 18.6. The summed E-state index contributed by atoms with van der Waals surface area (Å²) in [5, 5.41) is 3.33. The van der Waals surface area contributed by atoms with Crippen molar-refractivity contribution < 1.29 is 4.79 Å². The number of hydrogen-bond acceptors (Lipinski definition) is 5. The van der Waals surface area contributed by atoms with Gasteiger partial charge in [-0.15, -0.1) is 0 Å². The van der Waals surface area contributed by atoms with Gasteiger partial charge in [-0.2, -0.15) is 4.98 Å². The molecule has 1 fully saturated rings.